The first-order chi connectivity index (χ1) is 13.1. The van der Waals surface area contributed by atoms with Crippen LogP contribution in [0.1, 0.15) is 34.8 Å². The maximum absolute atomic E-state index is 13.1. The maximum atomic E-state index is 13.1. The van der Waals surface area contributed by atoms with E-state index in [1.165, 1.54) is 0 Å². The Morgan fingerprint density at radius 1 is 1.07 bits per heavy atom. The molecule has 7 heteroatoms. The number of carbonyl (C=O) groups excluding carboxylic acids is 2. The molecule has 2 aliphatic rings. The number of likely N-dealkylation sites (tertiary alicyclic amines) is 1. The molecule has 2 aromatic rings. The minimum absolute atomic E-state index is 0.0129. The van der Waals surface area contributed by atoms with E-state index in [0.717, 1.165) is 29.9 Å². The predicted molar refractivity (Wildman–Crippen MR) is 100 cm³/mol. The third-order valence-corrected chi connectivity index (χ3v) is 4.84. The van der Waals surface area contributed by atoms with Gasteiger partial charge < -0.3 is 25.4 Å². The van der Waals surface area contributed by atoms with Gasteiger partial charge in [-0.2, -0.15) is 0 Å². The van der Waals surface area contributed by atoms with Crippen LogP contribution in [-0.2, 0) is 0 Å². The molecule has 140 valence electrons. The molecule has 0 aliphatic carbocycles. The highest BCUT2D eigenvalue weighted by molar-refractivity contribution is 5.97. The molecule has 27 heavy (non-hydrogen) atoms. The maximum Gasteiger partial charge on any atom is 0.316 e. The van der Waals surface area contributed by atoms with Gasteiger partial charge >= 0.3 is 6.03 Å². The largest absolute Gasteiger partial charge is 0.486 e. The number of nitrogens with two attached hydrogens (primary N) is 1. The van der Waals surface area contributed by atoms with Crippen LogP contribution in [0.15, 0.2) is 42.5 Å². The Labute approximate surface area is 157 Å². The van der Waals surface area contributed by atoms with Crippen LogP contribution in [-0.4, -0.2) is 36.6 Å². The molecule has 0 saturated carbocycles. The van der Waals surface area contributed by atoms with Crippen LogP contribution in [0.5, 0.6) is 11.5 Å². The molecule has 2 heterocycles. The lowest BCUT2D eigenvalue weighted by Crippen LogP contribution is -2.30. The molecule has 7 nitrogen and oxygen atoms in total. The smallest absolute Gasteiger partial charge is 0.316 e. The van der Waals surface area contributed by atoms with E-state index in [0.29, 0.717) is 31.0 Å². The van der Waals surface area contributed by atoms with Crippen molar-refractivity contribution in [3.05, 3.63) is 53.6 Å². The molecule has 3 amide bonds. The topological polar surface area (TPSA) is 93.9 Å². The number of carbonyl (C=O) groups is 2. The lowest BCUT2D eigenvalue weighted by atomic mass is 10.0. The van der Waals surface area contributed by atoms with Gasteiger partial charge in [-0.05, 0) is 48.7 Å². The number of rotatable bonds is 3. The number of urea groups is 1. The summed E-state index contributed by atoms with van der Waals surface area (Å²) in [6.07, 6.45) is 1.83. The molecular weight excluding hydrogens is 346 g/mol. The lowest BCUT2D eigenvalue weighted by molar-refractivity contribution is 0.0735. The number of nitrogens with one attached hydrogen (secondary N) is 1. The van der Waals surface area contributed by atoms with Gasteiger partial charge in [0.15, 0.2) is 11.5 Å². The summed E-state index contributed by atoms with van der Waals surface area (Å²) in [5.74, 6) is 1.40. The molecule has 3 N–H and O–H groups in total. The van der Waals surface area contributed by atoms with Crippen LogP contribution >= 0.6 is 0 Å². The molecule has 1 fully saturated rings. The van der Waals surface area contributed by atoms with E-state index in [1.54, 1.807) is 24.3 Å². The second-order valence-corrected chi connectivity index (χ2v) is 6.63. The van der Waals surface area contributed by atoms with Gasteiger partial charge in [-0.3, -0.25) is 4.79 Å². The van der Waals surface area contributed by atoms with Crippen LogP contribution in [0.2, 0.25) is 0 Å². The van der Waals surface area contributed by atoms with Crippen molar-refractivity contribution in [2.45, 2.75) is 18.9 Å². The van der Waals surface area contributed by atoms with E-state index in [2.05, 4.69) is 5.32 Å². The summed E-state index contributed by atoms with van der Waals surface area (Å²) in [6, 6.07) is 12.0. The molecule has 1 atom stereocenters. The van der Waals surface area contributed by atoms with E-state index in [9.17, 15) is 9.59 Å². The third kappa shape index (κ3) is 3.53. The Morgan fingerprint density at radius 3 is 2.70 bits per heavy atom. The van der Waals surface area contributed by atoms with E-state index < -0.39 is 6.03 Å². The normalized spacial score (nSPS) is 18.2. The van der Waals surface area contributed by atoms with Crippen molar-refractivity contribution in [3.63, 3.8) is 0 Å². The number of nitrogens with zero attached hydrogens (tertiary/aromatic N) is 1. The molecule has 0 radical (unpaired) electrons. The van der Waals surface area contributed by atoms with Gasteiger partial charge in [0.25, 0.3) is 5.91 Å². The van der Waals surface area contributed by atoms with E-state index in [4.69, 9.17) is 15.2 Å². The van der Waals surface area contributed by atoms with Crippen molar-refractivity contribution in [1.82, 2.24) is 4.90 Å². The predicted octanol–water partition coefficient (Wildman–Crippen LogP) is 2.93. The number of ether oxygens (including phenoxy) is 2. The lowest BCUT2D eigenvalue weighted by Gasteiger charge is -2.27. The van der Waals surface area contributed by atoms with Gasteiger partial charge in [-0.1, -0.05) is 12.1 Å². The quantitative estimate of drug-likeness (QED) is 0.872. The van der Waals surface area contributed by atoms with Gasteiger partial charge in [0, 0.05) is 17.8 Å². The monoisotopic (exact) mass is 367 g/mol. The third-order valence-electron chi connectivity index (χ3n) is 4.84. The van der Waals surface area contributed by atoms with Crippen LogP contribution < -0.4 is 20.5 Å². The summed E-state index contributed by atoms with van der Waals surface area (Å²) in [5.41, 5.74) is 7.22. The van der Waals surface area contributed by atoms with Gasteiger partial charge in [-0.15, -0.1) is 0 Å². The van der Waals surface area contributed by atoms with Gasteiger partial charge in [-0.25, -0.2) is 4.79 Å². The Balaban J connectivity index is 1.58. The summed E-state index contributed by atoms with van der Waals surface area (Å²) in [5, 5.41) is 2.51. The van der Waals surface area contributed by atoms with Gasteiger partial charge in [0.05, 0.1) is 6.04 Å². The molecule has 0 spiro atoms. The summed E-state index contributed by atoms with van der Waals surface area (Å²) in [4.78, 5) is 26.0. The SMILES string of the molecule is NC(=O)Nc1cccc(C(=O)N2CCCC2c2ccc3c(c2)OCCO3)c1. The minimum atomic E-state index is -0.657. The Bertz CT molecular complexity index is 883. The molecule has 2 aliphatic heterocycles. The van der Waals surface area contributed by atoms with Crippen molar-refractivity contribution in [1.29, 1.82) is 0 Å². The Hall–Kier alpha value is -3.22. The molecule has 1 unspecified atom stereocenters. The number of anilines is 1. The molecule has 0 aromatic heterocycles. The van der Waals surface area contributed by atoms with E-state index in [-0.39, 0.29) is 11.9 Å². The number of amides is 3. The minimum Gasteiger partial charge on any atom is -0.486 e. The first kappa shape index (κ1) is 17.2. The van der Waals surface area contributed by atoms with E-state index >= 15 is 0 Å². The fourth-order valence-corrected chi connectivity index (χ4v) is 3.66. The summed E-state index contributed by atoms with van der Waals surface area (Å²) >= 11 is 0. The van der Waals surface area contributed by atoms with Crippen LogP contribution in [0, 0.1) is 0 Å². The highest BCUT2D eigenvalue weighted by Crippen LogP contribution is 2.38. The second kappa shape index (κ2) is 7.19. The standard InChI is InChI=1S/C20H21N3O4/c21-20(25)22-15-4-1-3-14(11-15)19(24)23-8-2-5-16(23)13-6-7-17-18(12-13)27-10-9-26-17/h1,3-4,6-7,11-12,16H,2,5,8-10H2,(H3,21,22,25). The highest BCUT2D eigenvalue weighted by Gasteiger charge is 2.31. The first-order valence-electron chi connectivity index (χ1n) is 8.99. The van der Waals surface area contributed by atoms with E-state index in [1.807, 2.05) is 23.1 Å². The zero-order valence-corrected chi connectivity index (χ0v) is 14.8. The Kier molecular flexibility index (Phi) is 4.58. The van der Waals surface area contributed by atoms with Crippen LogP contribution in [0.25, 0.3) is 0 Å². The fourth-order valence-electron chi connectivity index (χ4n) is 3.66. The highest BCUT2D eigenvalue weighted by atomic mass is 16.6. The van der Waals surface area contributed by atoms with Gasteiger partial charge in [0.2, 0.25) is 0 Å². The summed E-state index contributed by atoms with van der Waals surface area (Å²) < 4.78 is 11.3. The average molecular weight is 367 g/mol. The van der Waals surface area contributed by atoms with Crippen LogP contribution in [0.4, 0.5) is 10.5 Å². The van der Waals surface area contributed by atoms with Crippen molar-refractivity contribution >= 4 is 17.6 Å². The van der Waals surface area contributed by atoms with Crippen molar-refractivity contribution < 1.29 is 19.1 Å². The molecule has 0 bridgehead atoms. The number of hydrogen-bond acceptors (Lipinski definition) is 4. The molecule has 1 saturated heterocycles. The van der Waals surface area contributed by atoms with Crippen molar-refractivity contribution in [2.75, 3.05) is 25.1 Å². The zero-order valence-electron chi connectivity index (χ0n) is 14.8. The second-order valence-electron chi connectivity index (χ2n) is 6.63. The summed E-state index contributed by atoms with van der Waals surface area (Å²) in [6.45, 7) is 1.77. The number of fused-ring (bicyclic) bond motifs is 1. The molecule has 2 aromatic carbocycles. The zero-order chi connectivity index (χ0) is 18.8. The fraction of sp³-hybridized carbons (Fsp3) is 0.300. The summed E-state index contributed by atoms with van der Waals surface area (Å²) in [7, 11) is 0. The van der Waals surface area contributed by atoms with Crippen LogP contribution in [0.3, 0.4) is 0 Å². The Morgan fingerprint density at radius 2 is 1.89 bits per heavy atom. The number of hydrogen-bond donors (Lipinski definition) is 2. The first-order valence-corrected chi connectivity index (χ1v) is 8.99. The number of primary amides is 1. The van der Waals surface area contributed by atoms with Crippen molar-refractivity contribution in [2.24, 2.45) is 5.73 Å². The average Bonchev–Trinajstić information content (AvgIpc) is 3.16. The number of benzene rings is 2. The van der Waals surface area contributed by atoms with Gasteiger partial charge in [0.1, 0.15) is 13.2 Å². The van der Waals surface area contributed by atoms with Crippen molar-refractivity contribution in [3.8, 4) is 11.5 Å². The molecule has 4 rings (SSSR count). The molecular formula is C20H21N3O4.